The Morgan fingerprint density at radius 2 is 1.88 bits per heavy atom. The van der Waals surface area contributed by atoms with Gasteiger partial charge in [0, 0.05) is 36.5 Å². The molecule has 25 heavy (non-hydrogen) atoms. The van der Waals surface area contributed by atoms with Gasteiger partial charge in [0.2, 0.25) is 0 Å². The largest absolute Gasteiger partial charge is 0.361 e. The van der Waals surface area contributed by atoms with Crippen molar-refractivity contribution in [2.45, 2.75) is 6.04 Å². The second-order valence-corrected chi connectivity index (χ2v) is 7.66. The number of halogens is 3. The van der Waals surface area contributed by atoms with Crippen LogP contribution in [0.4, 0.5) is 5.69 Å². The minimum absolute atomic E-state index is 0.190. The maximum Gasteiger partial charge on any atom is 0.0992 e. The van der Waals surface area contributed by atoms with E-state index in [4.69, 9.17) is 28.5 Å². The highest BCUT2D eigenvalue weighted by Crippen LogP contribution is 2.36. The van der Waals surface area contributed by atoms with Crippen LogP contribution in [0.15, 0.2) is 42.5 Å². The molecule has 1 aliphatic heterocycles. The molecule has 0 radical (unpaired) electrons. The van der Waals surface area contributed by atoms with Gasteiger partial charge in [0.1, 0.15) is 0 Å². The van der Waals surface area contributed by atoms with E-state index in [1.54, 1.807) is 6.07 Å². The van der Waals surface area contributed by atoms with E-state index in [9.17, 15) is 0 Å². The normalized spacial score (nSPS) is 18.2. The lowest BCUT2D eigenvalue weighted by Gasteiger charge is -2.43. The van der Waals surface area contributed by atoms with Gasteiger partial charge in [0.25, 0.3) is 0 Å². The third-order valence-corrected chi connectivity index (χ3v) is 5.42. The number of nitrogens with zero attached hydrogens (tertiary/aromatic N) is 3. The van der Waals surface area contributed by atoms with Crippen molar-refractivity contribution in [3.8, 4) is 6.07 Å². The number of piperazine rings is 1. The van der Waals surface area contributed by atoms with Gasteiger partial charge >= 0.3 is 0 Å². The van der Waals surface area contributed by atoms with Gasteiger partial charge in [-0.05, 0) is 35.9 Å². The summed E-state index contributed by atoms with van der Waals surface area (Å²) in [4.78, 5) is 4.78. The third-order valence-electron chi connectivity index (χ3n) is 4.51. The molecule has 0 aromatic heterocycles. The average Bonchev–Trinajstić information content (AvgIpc) is 2.63. The molecule has 6 heteroatoms. The number of hydrogen-bond donors (Lipinski definition) is 0. The highest BCUT2D eigenvalue weighted by atomic mass is 79.9. The molecule has 1 aliphatic rings. The van der Waals surface area contributed by atoms with Gasteiger partial charge in [-0.25, -0.2) is 0 Å². The van der Waals surface area contributed by atoms with Crippen LogP contribution in [0.25, 0.3) is 0 Å². The van der Waals surface area contributed by atoms with E-state index in [2.05, 4.69) is 43.9 Å². The summed E-state index contributed by atoms with van der Waals surface area (Å²) in [6.45, 7) is 3.79. The Morgan fingerprint density at radius 3 is 2.52 bits per heavy atom. The molecule has 0 amide bonds. The highest BCUT2D eigenvalue weighted by molar-refractivity contribution is 9.09. The summed E-state index contributed by atoms with van der Waals surface area (Å²) in [6.07, 6.45) is 0. The Bertz CT molecular complexity index is 773. The smallest absolute Gasteiger partial charge is 0.0992 e. The van der Waals surface area contributed by atoms with Crippen LogP contribution in [-0.4, -0.2) is 36.4 Å². The van der Waals surface area contributed by atoms with E-state index in [0.717, 1.165) is 42.2 Å². The fourth-order valence-electron chi connectivity index (χ4n) is 3.23. The van der Waals surface area contributed by atoms with E-state index in [1.165, 1.54) is 5.56 Å². The topological polar surface area (TPSA) is 30.3 Å². The molecule has 3 rings (SSSR count). The molecule has 1 heterocycles. The van der Waals surface area contributed by atoms with Crippen molar-refractivity contribution in [2.75, 3.05) is 36.4 Å². The second kappa shape index (κ2) is 8.42. The van der Waals surface area contributed by atoms with E-state index in [0.29, 0.717) is 10.6 Å². The maximum atomic E-state index is 9.07. The van der Waals surface area contributed by atoms with Gasteiger partial charge in [-0.2, -0.15) is 5.26 Å². The number of benzene rings is 2. The molecular formula is C19H18BrCl2N3. The molecule has 0 unspecified atom stereocenters. The molecule has 0 spiro atoms. The second-order valence-electron chi connectivity index (χ2n) is 6.03. The molecule has 1 atom stereocenters. The van der Waals surface area contributed by atoms with Gasteiger partial charge in [-0.1, -0.05) is 51.3 Å². The standard InChI is InChI=1S/C19H18BrCl2N3/c20-7-8-24-9-10-25(18-6-1-14(12-23)11-17(18)22)19(13-24)15-2-4-16(21)5-3-15/h1-6,11,19H,7-10,13H2/t19-/m0/s1. The number of rotatable bonds is 4. The van der Waals surface area contributed by atoms with E-state index >= 15 is 0 Å². The van der Waals surface area contributed by atoms with Gasteiger partial charge in [-0.3, -0.25) is 4.90 Å². The lowest BCUT2D eigenvalue weighted by atomic mass is 10.0. The van der Waals surface area contributed by atoms with Crippen LogP contribution in [0.3, 0.4) is 0 Å². The third kappa shape index (κ3) is 4.30. The van der Waals surface area contributed by atoms with Crippen molar-refractivity contribution in [3.63, 3.8) is 0 Å². The molecule has 3 nitrogen and oxygen atoms in total. The monoisotopic (exact) mass is 437 g/mol. The number of alkyl halides is 1. The summed E-state index contributed by atoms with van der Waals surface area (Å²) in [7, 11) is 0. The van der Waals surface area contributed by atoms with Crippen LogP contribution in [0.5, 0.6) is 0 Å². The Labute approximate surface area is 166 Å². The predicted molar refractivity (Wildman–Crippen MR) is 108 cm³/mol. The molecule has 1 fully saturated rings. The Morgan fingerprint density at radius 1 is 1.12 bits per heavy atom. The van der Waals surface area contributed by atoms with Crippen LogP contribution in [0.2, 0.25) is 10.0 Å². The summed E-state index contributed by atoms with van der Waals surface area (Å²) in [5.41, 5.74) is 2.76. The average molecular weight is 439 g/mol. The Kier molecular flexibility index (Phi) is 6.24. The van der Waals surface area contributed by atoms with Crippen molar-refractivity contribution in [2.24, 2.45) is 0 Å². The lowest BCUT2D eigenvalue weighted by Crippen LogP contribution is -2.49. The van der Waals surface area contributed by atoms with E-state index in [1.807, 2.05) is 24.3 Å². The van der Waals surface area contributed by atoms with Crippen molar-refractivity contribution in [1.82, 2.24) is 4.90 Å². The predicted octanol–water partition coefficient (Wildman–Crippen LogP) is 5.12. The van der Waals surface area contributed by atoms with E-state index < -0.39 is 0 Å². The number of nitriles is 1. The first kappa shape index (κ1) is 18.5. The van der Waals surface area contributed by atoms with Crippen molar-refractivity contribution in [1.29, 1.82) is 5.26 Å². The first-order chi connectivity index (χ1) is 12.1. The minimum atomic E-state index is 0.190. The molecule has 2 aromatic carbocycles. The van der Waals surface area contributed by atoms with Crippen LogP contribution in [-0.2, 0) is 0 Å². The van der Waals surface area contributed by atoms with Gasteiger partial charge in [0.15, 0.2) is 0 Å². The van der Waals surface area contributed by atoms with Crippen molar-refractivity contribution >= 4 is 44.8 Å². The SMILES string of the molecule is N#Cc1ccc(N2CCN(CCBr)C[C@H]2c2ccc(Cl)cc2)c(Cl)c1. The summed E-state index contributed by atoms with van der Waals surface area (Å²) < 4.78 is 0. The van der Waals surface area contributed by atoms with Crippen LogP contribution >= 0.6 is 39.1 Å². The maximum absolute atomic E-state index is 9.07. The van der Waals surface area contributed by atoms with Crippen LogP contribution in [0, 0.1) is 11.3 Å². The summed E-state index contributed by atoms with van der Waals surface area (Å²) in [6, 6.07) is 15.9. The molecule has 130 valence electrons. The molecule has 0 bridgehead atoms. The zero-order valence-corrected chi connectivity index (χ0v) is 16.7. The minimum Gasteiger partial charge on any atom is -0.361 e. The van der Waals surface area contributed by atoms with Crippen molar-refractivity contribution in [3.05, 3.63) is 63.6 Å². The van der Waals surface area contributed by atoms with E-state index in [-0.39, 0.29) is 6.04 Å². The number of anilines is 1. The molecular weight excluding hydrogens is 421 g/mol. The summed E-state index contributed by atoms with van der Waals surface area (Å²) in [5.74, 6) is 0. The summed E-state index contributed by atoms with van der Waals surface area (Å²) in [5, 5.41) is 11.4. The Balaban J connectivity index is 1.95. The van der Waals surface area contributed by atoms with Crippen molar-refractivity contribution < 1.29 is 0 Å². The zero-order valence-electron chi connectivity index (χ0n) is 13.6. The van der Waals surface area contributed by atoms with Crippen LogP contribution < -0.4 is 4.90 Å². The first-order valence-electron chi connectivity index (χ1n) is 8.12. The van der Waals surface area contributed by atoms with Gasteiger partial charge < -0.3 is 4.90 Å². The summed E-state index contributed by atoms with van der Waals surface area (Å²) >= 11 is 16.1. The fraction of sp³-hybridized carbons (Fsp3) is 0.316. The molecule has 0 aliphatic carbocycles. The molecule has 0 saturated carbocycles. The molecule has 2 aromatic rings. The zero-order chi connectivity index (χ0) is 17.8. The van der Waals surface area contributed by atoms with Gasteiger partial charge in [0.05, 0.1) is 28.4 Å². The quantitative estimate of drug-likeness (QED) is 0.620. The van der Waals surface area contributed by atoms with Gasteiger partial charge in [-0.15, -0.1) is 0 Å². The Hall–Kier alpha value is -1.25. The first-order valence-corrected chi connectivity index (χ1v) is 10.00. The number of hydrogen-bond acceptors (Lipinski definition) is 3. The van der Waals surface area contributed by atoms with Crippen LogP contribution in [0.1, 0.15) is 17.2 Å². The lowest BCUT2D eigenvalue weighted by molar-refractivity contribution is 0.236. The molecule has 1 saturated heterocycles. The highest BCUT2D eigenvalue weighted by Gasteiger charge is 2.29. The fourth-order valence-corrected chi connectivity index (χ4v) is 4.15. The molecule has 0 N–H and O–H groups in total.